The number of hydrogen-bond donors (Lipinski definition) is 0. The Morgan fingerprint density at radius 1 is 1.33 bits per heavy atom. The van der Waals surface area contributed by atoms with Gasteiger partial charge in [0.25, 0.3) is 0 Å². The van der Waals surface area contributed by atoms with E-state index in [1.54, 1.807) is 13.0 Å². The van der Waals surface area contributed by atoms with Gasteiger partial charge in [-0.2, -0.15) is 0 Å². The molecule has 0 aliphatic heterocycles. The number of rotatable bonds is 4. The van der Waals surface area contributed by atoms with Crippen molar-refractivity contribution in [3.63, 3.8) is 0 Å². The van der Waals surface area contributed by atoms with Crippen LogP contribution in [0.2, 0.25) is 5.54 Å². The van der Waals surface area contributed by atoms with Crippen molar-refractivity contribution in [3.8, 4) is 0 Å². The SMILES string of the molecule is C/C=C(\C)[SiH2]C1C=CC=[C]1[Ti+2][C]1=CC=CC1.[Cl-].[Cl-]. The van der Waals surface area contributed by atoms with Crippen LogP contribution in [0.4, 0.5) is 0 Å². The molecule has 0 radical (unpaired) electrons. The van der Waals surface area contributed by atoms with Crippen LogP contribution in [-0.4, -0.2) is 9.52 Å². The summed E-state index contributed by atoms with van der Waals surface area (Å²) in [5.41, 5.74) is 0.831. The molecule has 0 bridgehead atoms. The van der Waals surface area contributed by atoms with E-state index in [2.05, 4.69) is 56.4 Å². The summed E-state index contributed by atoms with van der Waals surface area (Å²) in [5.74, 6) is 0. The normalized spacial score (nSPS) is 21.4. The molecule has 2 aliphatic rings. The van der Waals surface area contributed by atoms with Gasteiger partial charge in [-0.1, -0.05) is 0 Å². The van der Waals surface area contributed by atoms with E-state index in [-0.39, 0.29) is 53.5 Å². The Kier molecular flexibility index (Phi) is 9.28. The average Bonchev–Trinajstić information content (AvgIpc) is 2.92. The second-order valence-electron chi connectivity index (χ2n) is 4.40. The summed E-state index contributed by atoms with van der Waals surface area (Å²) in [6.07, 6.45) is 17.4. The Hall–Kier alpha value is 0.211. The van der Waals surface area contributed by atoms with Crippen LogP contribution in [0.15, 0.2) is 55.5 Å². The molecule has 0 amide bonds. The quantitative estimate of drug-likeness (QED) is 0.490. The maximum absolute atomic E-state index is 2.43. The third-order valence-corrected chi connectivity index (χ3v) is 8.34. The van der Waals surface area contributed by atoms with Crippen LogP contribution in [0.1, 0.15) is 20.3 Å². The smallest absolute Gasteiger partial charge is 1.00 e. The molecule has 18 heavy (non-hydrogen) atoms. The van der Waals surface area contributed by atoms with Crippen molar-refractivity contribution in [1.82, 2.24) is 0 Å². The van der Waals surface area contributed by atoms with E-state index in [1.165, 1.54) is 6.42 Å². The van der Waals surface area contributed by atoms with Gasteiger partial charge < -0.3 is 24.8 Å². The molecule has 0 N–H and O–H groups in total. The fourth-order valence-electron chi connectivity index (χ4n) is 2.02. The standard InChI is InChI=1S/C9H13Si.C5H5.2ClH.Ti/c1-3-8(2)10-9-6-4-5-7-9;1-2-4-5-3-1;;;/h3-6,9H,10H2,1-2H3;1-3H,4H2;2*1H;/q;;;;+2/p-2/b8-3+;;;;. The predicted octanol–water partition coefficient (Wildman–Crippen LogP) is -2.74. The van der Waals surface area contributed by atoms with Crippen molar-refractivity contribution in [2.45, 2.75) is 25.8 Å². The van der Waals surface area contributed by atoms with Crippen molar-refractivity contribution in [1.29, 1.82) is 0 Å². The van der Waals surface area contributed by atoms with E-state index in [0.717, 1.165) is 5.54 Å². The molecule has 0 fully saturated rings. The van der Waals surface area contributed by atoms with Crippen molar-refractivity contribution < 1.29 is 44.0 Å². The molecule has 0 heterocycles. The minimum Gasteiger partial charge on any atom is -1.00 e. The van der Waals surface area contributed by atoms with Crippen molar-refractivity contribution >= 4 is 9.52 Å². The molecule has 0 saturated heterocycles. The first-order valence-electron chi connectivity index (χ1n) is 5.92. The molecule has 2 aliphatic carbocycles. The van der Waals surface area contributed by atoms with Gasteiger partial charge in [0.05, 0.1) is 0 Å². The van der Waals surface area contributed by atoms with Gasteiger partial charge in [0, 0.05) is 0 Å². The first kappa shape index (κ1) is 18.2. The zero-order valence-electron chi connectivity index (χ0n) is 10.8. The van der Waals surface area contributed by atoms with Crippen LogP contribution in [0.3, 0.4) is 0 Å². The second-order valence-corrected chi connectivity index (χ2v) is 9.10. The third kappa shape index (κ3) is 5.07. The molecular weight excluding hydrogens is 315 g/mol. The minimum atomic E-state index is -0.0835. The molecular formula is C14H18Cl2SiTi. The van der Waals surface area contributed by atoms with E-state index < -0.39 is 0 Å². The molecule has 96 valence electrons. The zero-order valence-corrected chi connectivity index (χ0v) is 15.3. The van der Waals surface area contributed by atoms with Crippen LogP contribution in [0.25, 0.3) is 0 Å². The largest absolute Gasteiger partial charge is 1.00 e. The summed E-state index contributed by atoms with van der Waals surface area (Å²) in [4.78, 5) is 0. The molecule has 0 aromatic carbocycles. The first-order chi connectivity index (χ1) is 7.79. The number of halogens is 2. The summed E-state index contributed by atoms with van der Waals surface area (Å²) in [7, 11) is -0.0835. The Labute approximate surface area is 134 Å². The first-order valence-corrected chi connectivity index (χ1v) is 9.01. The topological polar surface area (TPSA) is 0 Å². The molecule has 0 nitrogen and oxygen atoms in total. The van der Waals surface area contributed by atoms with Gasteiger partial charge in [0.2, 0.25) is 0 Å². The Bertz CT molecular complexity index is 420. The zero-order chi connectivity index (χ0) is 11.4. The molecule has 0 saturated carbocycles. The molecule has 0 aromatic rings. The van der Waals surface area contributed by atoms with Crippen LogP contribution in [0, 0.1) is 0 Å². The van der Waals surface area contributed by atoms with E-state index >= 15 is 0 Å². The second kappa shape index (κ2) is 9.17. The van der Waals surface area contributed by atoms with Gasteiger partial charge in [-0.25, -0.2) is 0 Å². The van der Waals surface area contributed by atoms with Crippen LogP contribution >= 0.6 is 0 Å². The Morgan fingerprint density at radius 2 is 2.11 bits per heavy atom. The fourth-order valence-corrected chi connectivity index (χ4v) is 6.42. The molecule has 0 aromatic heterocycles. The Morgan fingerprint density at radius 3 is 2.72 bits per heavy atom. The number of hydrogen-bond acceptors (Lipinski definition) is 0. The van der Waals surface area contributed by atoms with Gasteiger partial charge >= 0.3 is 110 Å². The van der Waals surface area contributed by atoms with Gasteiger partial charge in [-0.3, -0.25) is 0 Å². The van der Waals surface area contributed by atoms with Gasteiger partial charge in [0.1, 0.15) is 0 Å². The van der Waals surface area contributed by atoms with Crippen LogP contribution in [0.5, 0.6) is 0 Å². The molecule has 1 atom stereocenters. The molecule has 2 rings (SSSR count). The van der Waals surface area contributed by atoms with Gasteiger partial charge in [-0.15, -0.1) is 0 Å². The van der Waals surface area contributed by atoms with Crippen LogP contribution in [-0.2, 0) is 19.2 Å². The van der Waals surface area contributed by atoms with Gasteiger partial charge in [0.15, 0.2) is 0 Å². The van der Waals surface area contributed by atoms with E-state index in [4.69, 9.17) is 0 Å². The van der Waals surface area contributed by atoms with Gasteiger partial charge in [-0.05, 0) is 0 Å². The van der Waals surface area contributed by atoms with Crippen LogP contribution < -0.4 is 24.8 Å². The summed E-state index contributed by atoms with van der Waals surface area (Å²) in [6.45, 7) is 4.47. The minimum absolute atomic E-state index is 0. The maximum Gasteiger partial charge on any atom is -1.00 e. The molecule has 0 spiro atoms. The number of allylic oxidation sites excluding steroid dienone is 10. The van der Waals surface area contributed by atoms with Crippen molar-refractivity contribution in [3.05, 3.63) is 55.5 Å². The molecule has 1 unspecified atom stereocenters. The average molecular weight is 333 g/mol. The van der Waals surface area contributed by atoms with E-state index in [9.17, 15) is 0 Å². The summed E-state index contributed by atoms with van der Waals surface area (Å²) >= 11 is 0.00269. The summed E-state index contributed by atoms with van der Waals surface area (Å²) in [6, 6.07) is 0. The summed E-state index contributed by atoms with van der Waals surface area (Å²) < 4.78 is 3.47. The van der Waals surface area contributed by atoms with E-state index in [0.29, 0.717) is 0 Å². The fraction of sp³-hybridized carbons (Fsp3) is 0.286. The summed E-state index contributed by atoms with van der Waals surface area (Å²) in [5, 5.41) is 1.65. The predicted molar refractivity (Wildman–Crippen MR) is 70.8 cm³/mol. The third-order valence-electron chi connectivity index (χ3n) is 3.13. The maximum atomic E-state index is 2.43. The Balaban J connectivity index is 0.00000144. The van der Waals surface area contributed by atoms with Crippen molar-refractivity contribution in [2.24, 2.45) is 0 Å². The molecule has 4 heteroatoms. The van der Waals surface area contributed by atoms with Crippen molar-refractivity contribution in [2.75, 3.05) is 0 Å². The monoisotopic (exact) mass is 332 g/mol. The van der Waals surface area contributed by atoms with E-state index in [1.807, 2.05) is 0 Å².